The minimum absolute atomic E-state index is 0.0370. The summed E-state index contributed by atoms with van der Waals surface area (Å²) in [4.78, 5) is 24.4. The summed E-state index contributed by atoms with van der Waals surface area (Å²) in [6, 6.07) is 0.0833. The molecule has 1 fully saturated rings. The smallest absolute Gasteiger partial charge is 0.318 e. The third-order valence-electron chi connectivity index (χ3n) is 3.34. The molecule has 2 amide bonds. The van der Waals surface area contributed by atoms with E-state index in [1.165, 1.54) is 0 Å². The molecule has 0 bridgehead atoms. The lowest BCUT2D eigenvalue weighted by Crippen LogP contribution is -2.49. The Balaban J connectivity index is 2.53. The maximum atomic E-state index is 12.0. The van der Waals surface area contributed by atoms with Crippen LogP contribution in [0.1, 0.15) is 46.5 Å². The molecule has 17 heavy (non-hydrogen) atoms. The van der Waals surface area contributed by atoms with Crippen molar-refractivity contribution in [2.45, 2.75) is 64.6 Å². The highest BCUT2D eigenvalue weighted by Crippen LogP contribution is 2.25. The highest BCUT2D eigenvalue weighted by molar-refractivity contribution is 5.76. The number of nitrogens with one attached hydrogen (secondary N) is 1. The molecule has 5 nitrogen and oxygen atoms in total. The lowest BCUT2D eigenvalue weighted by atomic mass is 10.2. The van der Waals surface area contributed by atoms with Gasteiger partial charge in [0, 0.05) is 18.1 Å². The molecule has 0 aromatic heterocycles. The van der Waals surface area contributed by atoms with Crippen molar-refractivity contribution in [3.63, 3.8) is 0 Å². The van der Waals surface area contributed by atoms with Crippen LogP contribution in [0.5, 0.6) is 0 Å². The van der Waals surface area contributed by atoms with E-state index >= 15 is 0 Å². The summed E-state index contributed by atoms with van der Waals surface area (Å²) in [5.41, 5.74) is 0. The van der Waals surface area contributed by atoms with Gasteiger partial charge >= 0.3 is 12.0 Å². The quantitative estimate of drug-likeness (QED) is 0.790. The van der Waals surface area contributed by atoms with Gasteiger partial charge in [-0.1, -0.05) is 6.92 Å². The molecule has 0 aromatic carbocycles. The molecule has 1 aliphatic heterocycles. The zero-order valence-corrected chi connectivity index (χ0v) is 10.8. The molecule has 0 aromatic rings. The minimum atomic E-state index is -0.890. The molecule has 1 heterocycles. The lowest BCUT2D eigenvalue weighted by molar-refractivity contribution is -0.137. The van der Waals surface area contributed by atoms with Crippen molar-refractivity contribution in [1.82, 2.24) is 10.2 Å². The largest absolute Gasteiger partial charge is 0.481 e. The Bertz CT molecular complexity index is 293. The summed E-state index contributed by atoms with van der Waals surface area (Å²) < 4.78 is 0. The molecule has 0 spiro atoms. The molecule has 3 unspecified atom stereocenters. The molecular formula is C12H22N2O3. The van der Waals surface area contributed by atoms with E-state index in [-0.39, 0.29) is 24.5 Å². The number of amides is 2. The number of carbonyl (C=O) groups is 2. The molecule has 1 aliphatic rings. The summed E-state index contributed by atoms with van der Waals surface area (Å²) in [5.74, 6) is -0.890. The van der Waals surface area contributed by atoms with Crippen LogP contribution < -0.4 is 5.32 Å². The highest BCUT2D eigenvalue weighted by atomic mass is 16.4. The van der Waals surface area contributed by atoms with Gasteiger partial charge in [-0.3, -0.25) is 4.79 Å². The fourth-order valence-electron chi connectivity index (χ4n) is 2.44. The van der Waals surface area contributed by atoms with Crippen LogP contribution in [0.25, 0.3) is 0 Å². The van der Waals surface area contributed by atoms with E-state index in [1.807, 2.05) is 11.8 Å². The van der Waals surface area contributed by atoms with Crippen LogP contribution in [0.2, 0.25) is 0 Å². The standard InChI is InChI=1S/C12H22N2O3/c1-4-10-6-5-9(3)14(10)12(17)13-8(2)7-11(15)16/h8-10H,4-7H2,1-3H3,(H,13,17)(H,15,16). The van der Waals surface area contributed by atoms with E-state index in [4.69, 9.17) is 5.11 Å². The van der Waals surface area contributed by atoms with E-state index in [2.05, 4.69) is 12.2 Å². The van der Waals surface area contributed by atoms with Gasteiger partial charge in [-0.25, -0.2) is 4.79 Å². The number of likely N-dealkylation sites (tertiary alicyclic amines) is 1. The molecule has 0 saturated carbocycles. The maximum Gasteiger partial charge on any atom is 0.318 e. The summed E-state index contributed by atoms with van der Waals surface area (Å²) in [6.45, 7) is 5.83. The zero-order valence-electron chi connectivity index (χ0n) is 10.8. The van der Waals surface area contributed by atoms with Gasteiger partial charge in [-0.15, -0.1) is 0 Å². The van der Waals surface area contributed by atoms with Crippen molar-refractivity contribution in [1.29, 1.82) is 0 Å². The van der Waals surface area contributed by atoms with Gasteiger partial charge < -0.3 is 15.3 Å². The average molecular weight is 242 g/mol. The third-order valence-corrected chi connectivity index (χ3v) is 3.34. The Morgan fingerprint density at radius 3 is 2.65 bits per heavy atom. The number of hydrogen-bond acceptors (Lipinski definition) is 2. The Morgan fingerprint density at radius 1 is 1.47 bits per heavy atom. The monoisotopic (exact) mass is 242 g/mol. The van der Waals surface area contributed by atoms with E-state index in [0.717, 1.165) is 19.3 Å². The number of hydrogen-bond donors (Lipinski definition) is 2. The number of carboxylic acids is 1. The van der Waals surface area contributed by atoms with E-state index in [9.17, 15) is 9.59 Å². The molecule has 1 rings (SSSR count). The van der Waals surface area contributed by atoms with Gasteiger partial charge in [-0.05, 0) is 33.1 Å². The van der Waals surface area contributed by atoms with E-state index in [0.29, 0.717) is 6.04 Å². The maximum absolute atomic E-state index is 12.0. The van der Waals surface area contributed by atoms with Crippen LogP contribution in [-0.4, -0.2) is 40.1 Å². The van der Waals surface area contributed by atoms with Gasteiger partial charge in [-0.2, -0.15) is 0 Å². The Kier molecular flexibility index (Phi) is 4.78. The minimum Gasteiger partial charge on any atom is -0.481 e. The molecule has 3 atom stereocenters. The van der Waals surface area contributed by atoms with E-state index < -0.39 is 5.97 Å². The van der Waals surface area contributed by atoms with Crippen molar-refractivity contribution in [3.05, 3.63) is 0 Å². The molecule has 0 aliphatic carbocycles. The van der Waals surface area contributed by atoms with Gasteiger partial charge in [0.15, 0.2) is 0 Å². The van der Waals surface area contributed by atoms with Crippen molar-refractivity contribution >= 4 is 12.0 Å². The SMILES string of the molecule is CCC1CCC(C)N1C(=O)NC(C)CC(=O)O. The lowest BCUT2D eigenvalue weighted by Gasteiger charge is -2.29. The van der Waals surface area contributed by atoms with Crippen LogP contribution in [-0.2, 0) is 4.79 Å². The fraction of sp³-hybridized carbons (Fsp3) is 0.833. The first-order valence-corrected chi connectivity index (χ1v) is 6.26. The van der Waals surface area contributed by atoms with Crippen molar-refractivity contribution in [2.75, 3.05) is 0 Å². The Labute approximate surface area is 102 Å². The second-order valence-electron chi connectivity index (χ2n) is 4.84. The molecule has 2 N–H and O–H groups in total. The topological polar surface area (TPSA) is 69.6 Å². The highest BCUT2D eigenvalue weighted by Gasteiger charge is 2.33. The van der Waals surface area contributed by atoms with Crippen LogP contribution >= 0.6 is 0 Å². The summed E-state index contributed by atoms with van der Waals surface area (Å²) in [6.07, 6.45) is 2.98. The molecular weight excluding hydrogens is 220 g/mol. The molecule has 1 saturated heterocycles. The number of aliphatic carboxylic acids is 1. The summed E-state index contributed by atoms with van der Waals surface area (Å²) in [5, 5.41) is 11.4. The Hall–Kier alpha value is -1.26. The fourth-order valence-corrected chi connectivity index (χ4v) is 2.44. The molecule has 98 valence electrons. The van der Waals surface area contributed by atoms with Crippen LogP contribution in [0.15, 0.2) is 0 Å². The molecule has 0 radical (unpaired) electrons. The summed E-state index contributed by atoms with van der Waals surface area (Å²) in [7, 11) is 0. The van der Waals surface area contributed by atoms with Gasteiger partial charge in [0.2, 0.25) is 0 Å². The van der Waals surface area contributed by atoms with Crippen molar-refractivity contribution in [2.24, 2.45) is 0 Å². The predicted molar refractivity (Wildman–Crippen MR) is 64.9 cm³/mol. The van der Waals surface area contributed by atoms with Crippen LogP contribution in [0.4, 0.5) is 4.79 Å². The van der Waals surface area contributed by atoms with Gasteiger partial charge in [0.25, 0.3) is 0 Å². The number of carboxylic acid groups (broad SMARTS) is 1. The Morgan fingerprint density at radius 2 is 2.12 bits per heavy atom. The van der Waals surface area contributed by atoms with Gasteiger partial charge in [0.05, 0.1) is 6.42 Å². The van der Waals surface area contributed by atoms with Crippen LogP contribution in [0.3, 0.4) is 0 Å². The second kappa shape index (κ2) is 5.89. The summed E-state index contributed by atoms with van der Waals surface area (Å²) >= 11 is 0. The number of carbonyl (C=O) groups excluding carboxylic acids is 1. The van der Waals surface area contributed by atoms with Crippen molar-refractivity contribution in [3.8, 4) is 0 Å². The van der Waals surface area contributed by atoms with Crippen molar-refractivity contribution < 1.29 is 14.7 Å². The number of nitrogens with zero attached hydrogens (tertiary/aromatic N) is 1. The third kappa shape index (κ3) is 3.61. The number of rotatable bonds is 4. The van der Waals surface area contributed by atoms with E-state index in [1.54, 1.807) is 6.92 Å². The first-order chi connectivity index (χ1) is 7.95. The first kappa shape index (κ1) is 13.8. The molecule has 5 heteroatoms. The van der Waals surface area contributed by atoms with Gasteiger partial charge in [0.1, 0.15) is 0 Å². The average Bonchev–Trinajstić information content (AvgIpc) is 2.57. The normalized spacial score (nSPS) is 25.7. The first-order valence-electron chi connectivity index (χ1n) is 6.26. The van der Waals surface area contributed by atoms with Crippen LogP contribution in [0, 0.1) is 0 Å². The number of urea groups is 1. The predicted octanol–water partition coefficient (Wildman–Crippen LogP) is 1.82. The second-order valence-corrected chi connectivity index (χ2v) is 4.84. The zero-order chi connectivity index (χ0) is 13.0.